The molecule has 4 aromatic rings. The van der Waals surface area contributed by atoms with Crippen molar-refractivity contribution in [2.24, 2.45) is 0 Å². The molecule has 0 aliphatic heterocycles. The lowest BCUT2D eigenvalue weighted by atomic mass is 10.1. The predicted molar refractivity (Wildman–Crippen MR) is 116 cm³/mol. The Morgan fingerprint density at radius 2 is 2.06 bits per heavy atom. The van der Waals surface area contributed by atoms with E-state index in [1.807, 2.05) is 6.07 Å². The van der Waals surface area contributed by atoms with E-state index in [2.05, 4.69) is 30.9 Å². The number of halogens is 4. The number of aromatic nitrogens is 5. The molecule has 31 heavy (non-hydrogen) atoms. The fourth-order valence-electron chi connectivity index (χ4n) is 3.32. The molecule has 3 aromatic heterocycles. The van der Waals surface area contributed by atoms with Crippen LogP contribution in [0, 0.1) is 0 Å². The Morgan fingerprint density at radius 3 is 2.77 bits per heavy atom. The Kier molecular flexibility index (Phi) is 6.10. The zero-order valence-electron chi connectivity index (χ0n) is 16.3. The van der Waals surface area contributed by atoms with Crippen molar-refractivity contribution in [1.29, 1.82) is 0 Å². The molecular formula is C20H17BrClF2N5O2. The molecule has 4 rings (SSSR count). The third-order valence-corrected chi connectivity index (χ3v) is 5.56. The molecular weight excluding hydrogens is 496 g/mol. The van der Waals surface area contributed by atoms with Crippen molar-refractivity contribution in [3.05, 3.63) is 73.7 Å². The highest BCUT2D eigenvalue weighted by atomic mass is 79.9. The van der Waals surface area contributed by atoms with Gasteiger partial charge in [0, 0.05) is 23.3 Å². The number of pyridine rings is 1. The Labute approximate surface area is 188 Å². The van der Waals surface area contributed by atoms with Crippen molar-refractivity contribution in [1.82, 2.24) is 24.1 Å². The van der Waals surface area contributed by atoms with Crippen molar-refractivity contribution in [2.75, 3.05) is 7.11 Å². The van der Waals surface area contributed by atoms with Crippen LogP contribution < -0.4 is 10.4 Å². The highest BCUT2D eigenvalue weighted by molar-refractivity contribution is 9.10. The Bertz CT molecular complexity index is 1300. The lowest BCUT2D eigenvalue weighted by Crippen LogP contribution is -2.28. The maximum atomic E-state index is 13.2. The van der Waals surface area contributed by atoms with Crippen molar-refractivity contribution >= 4 is 38.7 Å². The average molecular weight is 513 g/mol. The van der Waals surface area contributed by atoms with E-state index >= 15 is 0 Å². The number of aromatic amines is 1. The van der Waals surface area contributed by atoms with Gasteiger partial charge in [-0.25, -0.2) is 23.5 Å². The number of alkyl halides is 2. The van der Waals surface area contributed by atoms with Gasteiger partial charge in [-0.1, -0.05) is 17.7 Å². The number of nitrogens with zero attached hydrogens (tertiary/aromatic N) is 4. The summed E-state index contributed by atoms with van der Waals surface area (Å²) in [6, 6.07) is 8.70. The van der Waals surface area contributed by atoms with Gasteiger partial charge in [-0.15, -0.1) is 0 Å². The number of imidazole rings is 2. The van der Waals surface area contributed by atoms with Crippen LogP contribution in [0.2, 0.25) is 5.02 Å². The number of rotatable bonds is 7. The van der Waals surface area contributed by atoms with Gasteiger partial charge in [-0.3, -0.25) is 9.13 Å². The summed E-state index contributed by atoms with van der Waals surface area (Å²) in [4.78, 5) is 24.6. The Morgan fingerprint density at radius 1 is 1.26 bits per heavy atom. The van der Waals surface area contributed by atoms with Crippen molar-refractivity contribution in [2.45, 2.75) is 25.9 Å². The van der Waals surface area contributed by atoms with E-state index in [9.17, 15) is 13.6 Å². The minimum atomic E-state index is -2.67. The third kappa shape index (κ3) is 4.64. The molecule has 0 unspecified atom stereocenters. The van der Waals surface area contributed by atoms with Gasteiger partial charge < -0.3 is 9.72 Å². The summed E-state index contributed by atoms with van der Waals surface area (Å²) in [5.74, 6) is 1.08. The molecule has 3 heterocycles. The summed E-state index contributed by atoms with van der Waals surface area (Å²) in [5, 5.41) is 0.428. The lowest BCUT2D eigenvalue weighted by Gasteiger charge is -2.09. The van der Waals surface area contributed by atoms with Gasteiger partial charge >= 0.3 is 5.69 Å². The topological polar surface area (TPSA) is 77.7 Å². The minimum Gasteiger partial charge on any atom is -0.497 e. The molecule has 1 N–H and O–H groups in total. The second-order valence-electron chi connectivity index (χ2n) is 6.86. The van der Waals surface area contributed by atoms with Gasteiger partial charge in [0.2, 0.25) is 0 Å². The van der Waals surface area contributed by atoms with Crippen molar-refractivity contribution in [3.63, 3.8) is 0 Å². The number of H-pyrrole nitrogens is 1. The van der Waals surface area contributed by atoms with Crippen molar-refractivity contribution < 1.29 is 13.5 Å². The quantitative estimate of drug-likeness (QED) is 0.376. The predicted octanol–water partition coefficient (Wildman–Crippen LogP) is 4.25. The van der Waals surface area contributed by atoms with Crippen LogP contribution in [0.4, 0.5) is 8.78 Å². The third-order valence-electron chi connectivity index (χ3n) is 4.76. The van der Waals surface area contributed by atoms with Crippen LogP contribution in [0.5, 0.6) is 5.75 Å². The molecule has 0 saturated heterocycles. The number of ether oxygens (including phenoxy) is 1. The highest BCUT2D eigenvalue weighted by Crippen LogP contribution is 2.25. The van der Waals surface area contributed by atoms with Crippen LogP contribution in [0.15, 0.2) is 45.9 Å². The first-order valence-corrected chi connectivity index (χ1v) is 10.4. The number of fused-ring (bicyclic) bond motifs is 1. The first-order chi connectivity index (χ1) is 14.8. The summed E-state index contributed by atoms with van der Waals surface area (Å²) in [7, 11) is 1.53. The second kappa shape index (κ2) is 8.80. The van der Waals surface area contributed by atoms with Crippen LogP contribution in [-0.4, -0.2) is 37.6 Å². The number of hydrogen-bond donors (Lipinski definition) is 1. The van der Waals surface area contributed by atoms with E-state index < -0.39 is 18.7 Å². The first-order valence-electron chi connectivity index (χ1n) is 9.24. The summed E-state index contributed by atoms with van der Waals surface area (Å²) in [5.41, 5.74) is 1.78. The van der Waals surface area contributed by atoms with Crippen LogP contribution in [0.3, 0.4) is 0 Å². The first kappa shape index (κ1) is 21.5. The largest absolute Gasteiger partial charge is 0.497 e. The normalized spacial score (nSPS) is 11.5. The maximum absolute atomic E-state index is 13.2. The summed E-state index contributed by atoms with van der Waals surface area (Å²) >= 11 is 9.59. The van der Waals surface area contributed by atoms with E-state index in [0.717, 1.165) is 4.57 Å². The summed E-state index contributed by atoms with van der Waals surface area (Å²) in [6.45, 7) is -0.615. The van der Waals surface area contributed by atoms with E-state index in [1.165, 1.54) is 11.7 Å². The molecule has 0 aliphatic rings. The second-order valence-corrected chi connectivity index (χ2v) is 8.08. The molecule has 0 spiro atoms. The van der Waals surface area contributed by atoms with Gasteiger partial charge in [-0.2, -0.15) is 0 Å². The Hall–Kier alpha value is -2.72. The zero-order chi connectivity index (χ0) is 22.1. The van der Waals surface area contributed by atoms with Gasteiger partial charge in [0.25, 0.3) is 6.43 Å². The molecule has 0 amide bonds. The average Bonchev–Trinajstić information content (AvgIpc) is 3.24. The SMILES string of the molecule is COc1ccc(Cc2cn(Cc3nc4nc(Br)ccc4[nH]3)c(=O)n2CC(F)F)c(Cl)c1. The molecule has 0 aliphatic carbocycles. The van der Waals surface area contributed by atoms with Crippen LogP contribution in [-0.2, 0) is 19.5 Å². The number of benzene rings is 1. The number of hydrogen-bond acceptors (Lipinski definition) is 4. The number of nitrogens with one attached hydrogen (secondary N) is 1. The molecule has 0 saturated carbocycles. The maximum Gasteiger partial charge on any atom is 0.328 e. The van der Waals surface area contributed by atoms with Gasteiger partial charge in [-0.05, 0) is 45.8 Å². The molecule has 7 nitrogen and oxygen atoms in total. The van der Waals surface area contributed by atoms with E-state index in [0.29, 0.717) is 43.6 Å². The van der Waals surface area contributed by atoms with Gasteiger partial charge in [0.15, 0.2) is 5.65 Å². The van der Waals surface area contributed by atoms with Crippen LogP contribution >= 0.6 is 27.5 Å². The zero-order valence-corrected chi connectivity index (χ0v) is 18.6. The van der Waals surface area contributed by atoms with Crippen LogP contribution in [0.25, 0.3) is 11.2 Å². The monoisotopic (exact) mass is 511 g/mol. The smallest absolute Gasteiger partial charge is 0.328 e. The molecule has 0 bridgehead atoms. The van der Waals surface area contributed by atoms with Crippen LogP contribution in [0.1, 0.15) is 17.1 Å². The van der Waals surface area contributed by atoms with Gasteiger partial charge in [0.1, 0.15) is 16.2 Å². The molecule has 0 atom stereocenters. The summed E-state index contributed by atoms with van der Waals surface area (Å²) in [6.07, 6.45) is -0.903. The fraction of sp³-hybridized carbons (Fsp3) is 0.250. The van der Waals surface area contributed by atoms with Gasteiger partial charge in [0.05, 0.1) is 25.7 Å². The molecule has 1 aromatic carbocycles. The molecule has 0 radical (unpaired) electrons. The Balaban J connectivity index is 1.68. The standard InChI is InChI=1S/C20H17BrClF2N5O2/c1-31-13-3-2-11(14(22)7-13)6-12-8-28(20(30)29(12)9-17(23)24)10-18-25-15-4-5-16(21)26-19(15)27-18/h2-5,7-8,17H,6,9-10H2,1H3,(H,25,26,27). The lowest BCUT2D eigenvalue weighted by molar-refractivity contribution is 0.124. The van der Waals surface area contributed by atoms with Crippen molar-refractivity contribution in [3.8, 4) is 5.75 Å². The minimum absolute atomic E-state index is 0.0897. The van der Waals surface area contributed by atoms with E-state index in [4.69, 9.17) is 16.3 Å². The van der Waals surface area contributed by atoms with E-state index in [-0.39, 0.29) is 13.0 Å². The number of methoxy groups -OCH3 is 1. The molecule has 162 valence electrons. The molecule has 11 heteroatoms. The highest BCUT2D eigenvalue weighted by Gasteiger charge is 2.18. The fourth-order valence-corrected chi connectivity index (χ4v) is 3.86. The molecule has 0 fully saturated rings. The summed E-state index contributed by atoms with van der Waals surface area (Å²) < 4.78 is 34.5. The van der Waals surface area contributed by atoms with E-state index in [1.54, 1.807) is 30.5 Å².